The Hall–Kier alpha value is -0.0800. The minimum absolute atomic E-state index is 0.0165. The standard InChI is InChI=1S/C15H33NO/c1-7-9-13(3)11-14(16-10-8-2)12-15(4,5)17-6/h13-14,16H,7-12H2,1-6H3. The highest BCUT2D eigenvalue weighted by Gasteiger charge is 2.23. The fourth-order valence-corrected chi connectivity index (χ4v) is 2.36. The summed E-state index contributed by atoms with van der Waals surface area (Å²) in [5, 5.41) is 3.67. The average molecular weight is 243 g/mol. The monoisotopic (exact) mass is 243 g/mol. The number of methoxy groups -OCH3 is 1. The molecule has 0 aliphatic carbocycles. The summed E-state index contributed by atoms with van der Waals surface area (Å²) < 4.78 is 5.55. The molecule has 17 heavy (non-hydrogen) atoms. The fourth-order valence-electron chi connectivity index (χ4n) is 2.36. The van der Waals surface area contributed by atoms with Gasteiger partial charge in [-0.15, -0.1) is 0 Å². The Morgan fingerprint density at radius 2 is 1.82 bits per heavy atom. The lowest BCUT2D eigenvalue weighted by molar-refractivity contribution is 0.00513. The Labute approximate surface area is 109 Å². The quantitative estimate of drug-likeness (QED) is 0.626. The van der Waals surface area contributed by atoms with Crippen LogP contribution in [-0.4, -0.2) is 25.3 Å². The van der Waals surface area contributed by atoms with Gasteiger partial charge in [0, 0.05) is 13.2 Å². The van der Waals surface area contributed by atoms with Crippen molar-refractivity contribution in [2.75, 3.05) is 13.7 Å². The summed E-state index contributed by atoms with van der Waals surface area (Å²) in [4.78, 5) is 0. The Kier molecular flexibility index (Phi) is 8.89. The molecule has 2 unspecified atom stereocenters. The van der Waals surface area contributed by atoms with Gasteiger partial charge in [0.25, 0.3) is 0 Å². The van der Waals surface area contributed by atoms with Crippen molar-refractivity contribution >= 4 is 0 Å². The molecular weight excluding hydrogens is 210 g/mol. The van der Waals surface area contributed by atoms with E-state index >= 15 is 0 Å². The molecule has 0 spiro atoms. The number of hydrogen-bond acceptors (Lipinski definition) is 2. The summed E-state index contributed by atoms with van der Waals surface area (Å²) in [6.45, 7) is 12.3. The zero-order chi connectivity index (χ0) is 13.3. The number of nitrogens with one attached hydrogen (secondary N) is 1. The second-order valence-corrected chi connectivity index (χ2v) is 5.95. The van der Waals surface area contributed by atoms with Gasteiger partial charge in [-0.05, 0) is 45.6 Å². The Balaban J connectivity index is 4.22. The van der Waals surface area contributed by atoms with Gasteiger partial charge in [0.1, 0.15) is 0 Å². The maximum absolute atomic E-state index is 5.55. The first-order chi connectivity index (χ1) is 7.95. The normalized spacial score (nSPS) is 15.9. The highest BCUT2D eigenvalue weighted by molar-refractivity contribution is 4.79. The molecule has 0 radical (unpaired) electrons. The molecule has 0 aromatic heterocycles. The summed E-state index contributed by atoms with van der Waals surface area (Å²) in [5.41, 5.74) is -0.0165. The van der Waals surface area contributed by atoms with Crippen molar-refractivity contribution in [3.05, 3.63) is 0 Å². The molecule has 0 saturated heterocycles. The van der Waals surface area contributed by atoms with Crippen LogP contribution >= 0.6 is 0 Å². The third kappa shape index (κ3) is 8.62. The van der Waals surface area contributed by atoms with Crippen molar-refractivity contribution < 1.29 is 4.74 Å². The number of ether oxygens (including phenoxy) is 1. The lowest BCUT2D eigenvalue weighted by Crippen LogP contribution is -2.39. The Morgan fingerprint density at radius 1 is 1.18 bits per heavy atom. The molecular formula is C15H33NO. The van der Waals surface area contributed by atoms with Crippen LogP contribution in [0.5, 0.6) is 0 Å². The summed E-state index contributed by atoms with van der Waals surface area (Å²) in [7, 11) is 1.81. The van der Waals surface area contributed by atoms with Gasteiger partial charge in [0.2, 0.25) is 0 Å². The van der Waals surface area contributed by atoms with Gasteiger partial charge in [0.15, 0.2) is 0 Å². The minimum atomic E-state index is -0.0165. The molecule has 0 bridgehead atoms. The molecule has 0 saturated carbocycles. The smallest absolute Gasteiger partial charge is 0.0637 e. The van der Waals surface area contributed by atoms with Gasteiger partial charge in [0.05, 0.1) is 5.60 Å². The van der Waals surface area contributed by atoms with Gasteiger partial charge in [-0.3, -0.25) is 0 Å². The lowest BCUT2D eigenvalue weighted by Gasteiger charge is -2.30. The molecule has 0 fully saturated rings. The topological polar surface area (TPSA) is 21.3 Å². The number of hydrogen-bond donors (Lipinski definition) is 1. The van der Waals surface area contributed by atoms with Gasteiger partial charge in [-0.2, -0.15) is 0 Å². The van der Waals surface area contributed by atoms with Crippen molar-refractivity contribution in [3.63, 3.8) is 0 Å². The largest absolute Gasteiger partial charge is 0.379 e. The molecule has 0 aliphatic rings. The van der Waals surface area contributed by atoms with Crippen LogP contribution in [-0.2, 0) is 4.74 Å². The van der Waals surface area contributed by atoms with E-state index in [4.69, 9.17) is 4.74 Å². The predicted octanol–water partition coefficient (Wildman–Crippen LogP) is 4.00. The molecule has 1 N–H and O–H groups in total. The molecule has 0 aliphatic heterocycles. The van der Waals surface area contributed by atoms with Crippen LogP contribution in [0.25, 0.3) is 0 Å². The van der Waals surface area contributed by atoms with E-state index in [0.717, 1.165) is 18.9 Å². The SMILES string of the molecule is CCCNC(CC(C)CCC)CC(C)(C)OC. The van der Waals surface area contributed by atoms with Gasteiger partial charge >= 0.3 is 0 Å². The minimum Gasteiger partial charge on any atom is -0.379 e. The van der Waals surface area contributed by atoms with Crippen LogP contribution in [0.1, 0.15) is 66.7 Å². The maximum atomic E-state index is 5.55. The molecule has 2 nitrogen and oxygen atoms in total. The zero-order valence-corrected chi connectivity index (χ0v) is 12.8. The van der Waals surface area contributed by atoms with Crippen LogP contribution in [0, 0.1) is 5.92 Å². The van der Waals surface area contributed by atoms with Gasteiger partial charge < -0.3 is 10.1 Å². The van der Waals surface area contributed by atoms with Crippen molar-refractivity contribution in [2.45, 2.75) is 78.4 Å². The van der Waals surface area contributed by atoms with E-state index in [1.54, 1.807) is 0 Å². The third-order valence-corrected chi connectivity index (χ3v) is 3.44. The average Bonchev–Trinajstić information content (AvgIpc) is 2.26. The zero-order valence-electron chi connectivity index (χ0n) is 12.8. The molecule has 0 aromatic carbocycles. The van der Waals surface area contributed by atoms with E-state index in [1.165, 1.54) is 25.7 Å². The molecule has 2 heteroatoms. The van der Waals surface area contributed by atoms with Crippen LogP contribution < -0.4 is 5.32 Å². The molecule has 2 atom stereocenters. The summed E-state index contributed by atoms with van der Waals surface area (Å²) in [5.74, 6) is 0.807. The first kappa shape index (κ1) is 16.9. The van der Waals surface area contributed by atoms with E-state index in [2.05, 4.69) is 39.9 Å². The van der Waals surface area contributed by atoms with E-state index in [9.17, 15) is 0 Å². The molecule has 0 heterocycles. The van der Waals surface area contributed by atoms with Crippen LogP contribution in [0.3, 0.4) is 0 Å². The summed E-state index contributed by atoms with van der Waals surface area (Å²) in [6.07, 6.45) is 6.18. The lowest BCUT2D eigenvalue weighted by atomic mass is 9.90. The first-order valence-electron chi connectivity index (χ1n) is 7.23. The number of rotatable bonds is 10. The summed E-state index contributed by atoms with van der Waals surface area (Å²) in [6, 6.07) is 0.589. The van der Waals surface area contributed by atoms with Crippen molar-refractivity contribution in [1.82, 2.24) is 5.32 Å². The van der Waals surface area contributed by atoms with Crippen molar-refractivity contribution in [2.24, 2.45) is 5.92 Å². The summed E-state index contributed by atoms with van der Waals surface area (Å²) >= 11 is 0. The second kappa shape index (κ2) is 8.93. The van der Waals surface area contributed by atoms with Crippen LogP contribution in [0.4, 0.5) is 0 Å². The molecule has 0 amide bonds. The van der Waals surface area contributed by atoms with Gasteiger partial charge in [-0.1, -0.05) is 33.6 Å². The predicted molar refractivity (Wildman–Crippen MR) is 76.5 cm³/mol. The van der Waals surface area contributed by atoms with Gasteiger partial charge in [-0.25, -0.2) is 0 Å². The van der Waals surface area contributed by atoms with Crippen LogP contribution in [0.2, 0.25) is 0 Å². The maximum Gasteiger partial charge on any atom is 0.0637 e. The first-order valence-corrected chi connectivity index (χ1v) is 7.23. The highest BCUT2D eigenvalue weighted by atomic mass is 16.5. The Morgan fingerprint density at radius 3 is 2.29 bits per heavy atom. The molecule has 104 valence electrons. The Bertz CT molecular complexity index is 180. The van der Waals surface area contributed by atoms with Crippen LogP contribution in [0.15, 0.2) is 0 Å². The highest BCUT2D eigenvalue weighted by Crippen LogP contribution is 2.21. The van der Waals surface area contributed by atoms with E-state index in [1.807, 2.05) is 7.11 Å². The van der Waals surface area contributed by atoms with E-state index < -0.39 is 0 Å². The second-order valence-electron chi connectivity index (χ2n) is 5.95. The van der Waals surface area contributed by atoms with E-state index in [0.29, 0.717) is 6.04 Å². The molecule has 0 rings (SSSR count). The molecule has 0 aromatic rings. The fraction of sp³-hybridized carbons (Fsp3) is 1.00. The van der Waals surface area contributed by atoms with E-state index in [-0.39, 0.29) is 5.60 Å². The van der Waals surface area contributed by atoms with Crippen molar-refractivity contribution in [3.8, 4) is 0 Å². The third-order valence-electron chi connectivity index (χ3n) is 3.44. The van der Waals surface area contributed by atoms with Crippen molar-refractivity contribution in [1.29, 1.82) is 0 Å².